The van der Waals surface area contributed by atoms with Crippen molar-refractivity contribution in [1.82, 2.24) is 9.38 Å². The van der Waals surface area contributed by atoms with Gasteiger partial charge < -0.3 is 0 Å². The van der Waals surface area contributed by atoms with E-state index < -0.39 is 0 Å². The highest BCUT2D eigenvalue weighted by Gasteiger charge is 2.15. The van der Waals surface area contributed by atoms with E-state index in [4.69, 9.17) is 0 Å². The normalized spacial score (nSPS) is 11.8. The Morgan fingerprint density at radius 1 is 1.48 bits per heavy atom. The Labute approximate surface area is 129 Å². The lowest BCUT2D eigenvalue weighted by atomic mass is 10.1. The van der Waals surface area contributed by atoms with Gasteiger partial charge in [-0.15, -0.1) is 11.3 Å². The largest absolute Gasteiger partial charge is 0.290 e. The molecule has 0 radical (unpaired) electrons. The standard InChI is InChI=1S/C15H11N3OS2/c1-9-7-18-13(10(2)17-15(18)21-9)5-12(6-16)14(19)11-3-4-20-8-11/h3-5,7-8H,1-2H3/b12-5-. The maximum absolute atomic E-state index is 12.3. The monoisotopic (exact) mass is 313 g/mol. The number of fused-ring (bicyclic) bond motifs is 1. The first-order valence-corrected chi connectivity index (χ1v) is 8.00. The SMILES string of the molecule is Cc1cn2c(/C=C(/C#N)C(=O)c3ccsc3)c(C)nc2s1. The highest BCUT2D eigenvalue weighted by Crippen LogP contribution is 2.23. The van der Waals surface area contributed by atoms with Gasteiger partial charge in [0.15, 0.2) is 4.96 Å². The van der Waals surface area contributed by atoms with Crippen LogP contribution in [0.4, 0.5) is 0 Å². The van der Waals surface area contributed by atoms with Gasteiger partial charge in [0, 0.05) is 22.0 Å². The smallest absolute Gasteiger partial charge is 0.204 e. The van der Waals surface area contributed by atoms with Crippen LogP contribution in [0.5, 0.6) is 0 Å². The van der Waals surface area contributed by atoms with E-state index in [-0.39, 0.29) is 11.4 Å². The van der Waals surface area contributed by atoms with E-state index in [1.165, 1.54) is 11.3 Å². The lowest BCUT2D eigenvalue weighted by Gasteiger charge is -1.97. The number of hydrogen-bond donors (Lipinski definition) is 0. The Kier molecular flexibility index (Phi) is 3.45. The van der Waals surface area contributed by atoms with Crippen molar-refractivity contribution in [2.45, 2.75) is 13.8 Å². The average molecular weight is 313 g/mol. The Hall–Kier alpha value is -2.23. The van der Waals surface area contributed by atoms with Crippen molar-refractivity contribution in [1.29, 1.82) is 5.26 Å². The summed E-state index contributed by atoms with van der Waals surface area (Å²) >= 11 is 3.02. The summed E-state index contributed by atoms with van der Waals surface area (Å²) in [5.41, 5.74) is 2.27. The average Bonchev–Trinajstić information content (AvgIpc) is 3.13. The number of Topliss-reactive ketones (excluding diaryl/α,β-unsaturated/α-hetero) is 1. The highest BCUT2D eigenvalue weighted by atomic mass is 32.1. The van der Waals surface area contributed by atoms with Crippen LogP contribution in [0.1, 0.15) is 26.6 Å². The first-order valence-electron chi connectivity index (χ1n) is 6.24. The van der Waals surface area contributed by atoms with E-state index >= 15 is 0 Å². The van der Waals surface area contributed by atoms with Crippen LogP contribution < -0.4 is 0 Å². The van der Waals surface area contributed by atoms with Crippen LogP contribution in [0.3, 0.4) is 0 Å². The van der Waals surface area contributed by atoms with E-state index in [1.54, 1.807) is 28.9 Å². The van der Waals surface area contributed by atoms with Crippen LogP contribution in [0.15, 0.2) is 28.6 Å². The number of carbonyl (C=O) groups excluding carboxylic acids is 1. The van der Waals surface area contributed by atoms with Gasteiger partial charge in [-0.3, -0.25) is 9.20 Å². The molecule has 0 aliphatic carbocycles. The molecule has 0 aliphatic heterocycles. The molecule has 0 N–H and O–H groups in total. The molecule has 21 heavy (non-hydrogen) atoms. The molecule has 4 nitrogen and oxygen atoms in total. The van der Waals surface area contributed by atoms with Gasteiger partial charge >= 0.3 is 0 Å². The molecule has 3 aromatic heterocycles. The number of nitrogens with zero attached hydrogens (tertiary/aromatic N) is 3. The maximum atomic E-state index is 12.3. The summed E-state index contributed by atoms with van der Waals surface area (Å²) in [4.78, 5) is 18.8. The second-order valence-corrected chi connectivity index (χ2v) is 6.58. The number of aryl methyl sites for hydroxylation is 2. The minimum Gasteiger partial charge on any atom is -0.290 e. The Bertz CT molecular complexity index is 892. The number of carbonyl (C=O) groups is 1. The number of allylic oxidation sites excluding steroid dienone is 1. The summed E-state index contributed by atoms with van der Waals surface area (Å²) < 4.78 is 1.92. The lowest BCUT2D eigenvalue weighted by molar-refractivity contribution is 0.104. The summed E-state index contributed by atoms with van der Waals surface area (Å²) in [7, 11) is 0. The van der Waals surface area contributed by atoms with Gasteiger partial charge in [0.25, 0.3) is 0 Å². The Balaban J connectivity index is 2.11. The summed E-state index contributed by atoms with van der Waals surface area (Å²) in [6, 6.07) is 3.73. The predicted molar refractivity (Wildman–Crippen MR) is 84.8 cm³/mol. The molecule has 6 heteroatoms. The molecule has 0 saturated carbocycles. The van der Waals surface area contributed by atoms with Crippen molar-refractivity contribution in [2.75, 3.05) is 0 Å². The molecule has 3 heterocycles. The van der Waals surface area contributed by atoms with Gasteiger partial charge in [-0.25, -0.2) is 4.98 Å². The van der Waals surface area contributed by atoms with Crippen molar-refractivity contribution in [2.24, 2.45) is 0 Å². The zero-order chi connectivity index (χ0) is 15.0. The van der Waals surface area contributed by atoms with Crippen molar-refractivity contribution < 1.29 is 4.79 Å². The van der Waals surface area contributed by atoms with E-state index in [0.717, 1.165) is 21.2 Å². The quantitative estimate of drug-likeness (QED) is 0.419. The number of aromatic nitrogens is 2. The number of rotatable bonds is 3. The molecule has 3 rings (SSSR count). The van der Waals surface area contributed by atoms with Gasteiger partial charge in [-0.2, -0.15) is 16.6 Å². The highest BCUT2D eigenvalue weighted by molar-refractivity contribution is 7.17. The second kappa shape index (κ2) is 5.28. The Morgan fingerprint density at radius 2 is 2.29 bits per heavy atom. The first-order chi connectivity index (χ1) is 10.1. The van der Waals surface area contributed by atoms with Gasteiger partial charge in [0.05, 0.1) is 11.4 Å². The molecule has 0 spiro atoms. The second-order valence-electron chi connectivity index (χ2n) is 4.59. The number of nitriles is 1. The topological polar surface area (TPSA) is 58.2 Å². The number of ketones is 1. The van der Waals surface area contributed by atoms with Crippen molar-refractivity contribution in [3.05, 3.63) is 50.4 Å². The van der Waals surface area contributed by atoms with Crippen LogP contribution in [-0.2, 0) is 0 Å². The molecule has 0 aromatic carbocycles. The third kappa shape index (κ3) is 2.42. The number of thiazole rings is 1. The molecular weight excluding hydrogens is 302 g/mol. The molecule has 0 saturated heterocycles. The van der Waals surface area contributed by atoms with Crippen LogP contribution in [0, 0.1) is 25.2 Å². The zero-order valence-corrected chi connectivity index (χ0v) is 13.1. The Morgan fingerprint density at radius 3 is 2.95 bits per heavy atom. The third-order valence-electron chi connectivity index (χ3n) is 3.09. The molecule has 0 amide bonds. The molecule has 0 aliphatic rings. The first kappa shape index (κ1) is 13.7. The van der Waals surface area contributed by atoms with Crippen LogP contribution in [0.2, 0.25) is 0 Å². The summed E-state index contributed by atoms with van der Waals surface area (Å²) in [6.45, 7) is 3.88. The third-order valence-corrected chi connectivity index (χ3v) is 4.67. The van der Waals surface area contributed by atoms with Crippen LogP contribution in [0.25, 0.3) is 11.0 Å². The van der Waals surface area contributed by atoms with E-state index in [0.29, 0.717) is 5.56 Å². The number of imidazole rings is 1. The molecular formula is C15H11N3OS2. The van der Waals surface area contributed by atoms with Gasteiger partial charge in [0.1, 0.15) is 11.6 Å². The van der Waals surface area contributed by atoms with Gasteiger partial charge in [-0.05, 0) is 31.4 Å². The van der Waals surface area contributed by atoms with Crippen molar-refractivity contribution in [3.63, 3.8) is 0 Å². The van der Waals surface area contributed by atoms with Crippen molar-refractivity contribution >= 4 is 39.5 Å². The molecule has 0 bridgehead atoms. The van der Waals surface area contributed by atoms with E-state index in [9.17, 15) is 10.1 Å². The number of hydrogen-bond acceptors (Lipinski definition) is 5. The van der Waals surface area contributed by atoms with Crippen LogP contribution in [-0.4, -0.2) is 15.2 Å². The van der Waals surface area contributed by atoms with Gasteiger partial charge in [-0.1, -0.05) is 0 Å². The predicted octanol–water partition coefficient (Wildman–Crippen LogP) is 3.86. The summed E-state index contributed by atoms with van der Waals surface area (Å²) in [5, 5.41) is 12.9. The molecule has 0 fully saturated rings. The fraction of sp³-hybridized carbons (Fsp3) is 0.133. The lowest BCUT2D eigenvalue weighted by Crippen LogP contribution is -2.00. The fourth-order valence-electron chi connectivity index (χ4n) is 2.09. The van der Waals surface area contributed by atoms with Crippen LogP contribution >= 0.6 is 22.7 Å². The van der Waals surface area contributed by atoms with E-state index in [1.807, 2.05) is 35.9 Å². The molecule has 3 aromatic rings. The van der Waals surface area contributed by atoms with E-state index in [2.05, 4.69) is 4.98 Å². The molecule has 0 unspecified atom stereocenters. The molecule has 0 atom stereocenters. The minimum absolute atomic E-state index is 0.127. The zero-order valence-electron chi connectivity index (χ0n) is 11.5. The number of thiophene rings is 1. The summed E-state index contributed by atoms with van der Waals surface area (Å²) in [6.07, 6.45) is 3.59. The maximum Gasteiger partial charge on any atom is 0.204 e. The summed E-state index contributed by atoms with van der Waals surface area (Å²) in [5.74, 6) is -0.250. The fourth-order valence-corrected chi connectivity index (χ4v) is 3.60. The van der Waals surface area contributed by atoms with Gasteiger partial charge in [0.2, 0.25) is 5.78 Å². The molecule has 104 valence electrons. The minimum atomic E-state index is -0.250. The van der Waals surface area contributed by atoms with Crippen molar-refractivity contribution in [3.8, 4) is 6.07 Å².